The highest BCUT2D eigenvalue weighted by atomic mass is 16.2. The fourth-order valence-corrected chi connectivity index (χ4v) is 5.73. The minimum Gasteiger partial charge on any atom is -0.343 e. The minimum absolute atomic E-state index is 0.0201. The Bertz CT molecular complexity index is 1150. The lowest BCUT2D eigenvalue weighted by molar-refractivity contribution is -0.140. The van der Waals surface area contributed by atoms with Crippen LogP contribution in [0.3, 0.4) is 0 Å². The number of carbonyl (C=O) groups is 3. The lowest BCUT2D eigenvalue weighted by Crippen LogP contribution is -2.48. The second kappa shape index (κ2) is 9.58. The number of likely N-dealkylation sites (tertiary alicyclic amines) is 1. The maximum atomic E-state index is 13.3. The molecule has 34 heavy (non-hydrogen) atoms. The standard InChI is InChI=1S/C28H33N3O3/c1-5-6-21-15-19(2)26(20(3)16-21)27-23(32)17-28(18-24(27)33)10-13-31(14-11-28)25(34)8-7-22-9-12-30(4)29-22/h9,12,15-16,27H,7-8,10-11,13-14,17-18H2,1-4H3. The molecule has 1 aromatic carbocycles. The monoisotopic (exact) mass is 459 g/mol. The highest BCUT2D eigenvalue weighted by molar-refractivity contribution is 6.10. The van der Waals surface area contributed by atoms with Crippen molar-refractivity contribution in [2.24, 2.45) is 12.5 Å². The lowest BCUT2D eigenvalue weighted by atomic mass is 9.62. The molecule has 2 aromatic rings. The van der Waals surface area contributed by atoms with Crippen LogP contribution >= 0.6 is 0 Å². The molecular weight excluding hydrogens is 426 g/mol. The van der Waals surface area contributed by atoms with Gasteiger partial charge in [-0.25, -0.2) is 0 Å². The summed E-state index contributed by atoms with van der Waals surface area (Å²) in [6, 6.07) is 5.87. The predicted octanol–water partition coefficient (Wildman–Crippen LogP) is 3.67. The average molecular weight is 460 g/mol. The van der Waals surface area contributed by atoms with Crippen LogP contribution in [-0.2, 0) is 27.9 Å². The van der Waals surface area contributed by atoms with Crippen molar-refractivity contribution < 1.29 is 14.4 Å². The van der Waals surface area contributed by atoms with Crippen LogP contribution in [0.2, 0.25) is 0 Å². The summed E-state index contributed by atoms with van der Waals surface area (Å²) in [6.07, 6.45) is 5.17. The number of amides is 1. The van der Waals surface area contributed by atoms with Gasteiger partial charge in [0.25, 0.3) is 0 Å². The second-order valence-electron chi connectivity index (χ2n) is 9.98. The van der Waals surface area contributed by atoms with Crippen molar-refractivity contribution in [1.82, 2.24) is 14.7 Å². The summed E-state index contributed by atoms with van der Waals surface area (Å²) < 4.78 is 1.74. The Labute approximate surface area is 201 Å². The van der Waals surface area contributed by atoms with E-state index in [0.717, 1.165) is 27.9 Å². The molecule has 2 fully saturated rings. The first-order valence-electron chi connectivity index (χ1n) is 12.1. The second-order valence-corrected chi connectivity index (χ2v) is 9.98. The van der Waals surface area contributed by atoms with E-state index in [1.165, 1.54) is 0 Å². The van der Waals surface area contributed by atoms with Crippen LogP contribution in [0.4, 0.5) is 0 Å². The zero-order chi connectivity index (χ0) is 24.5. The molecule has 2 aliphatic rings. The molecule has 1 aliphatic carbocycles. The third-order valence-electron chi connectivity index (χ3n) is 7.43. The van der Waals surface area contributed by atoms with Gasteiger partial charge in [0.2, 0.25) is 5.91 Å². The quantitative estimate of drug-likeness (QED) is 0.517. The van der Waals surface area contributed by atoms with Gasteiger partial charge in [0.15, 0.2) is 0 Å². The number of piperidine rings is 1. The van der Waals surface area contributed by atoms with E-state index in [2.05, 4.69) is 16.9 Å². The van der Waals surface area contributed by atoms with Gasteiger partial charge in [-0.3, -0.25) is 19.1 Å². The number of hydrogen-bond donors (Lipinski definition) is 0. The number of aryl methyl sites for hydroxylation is 4. The Morgan fingerprint density at radius 2 is 1.74 bits per heavy atom. The lowest BCUT2D eigenvalue weighted by Gasteiger charge is -2.45. The smallest absolute Gasteiger partial charge is 0.222 e. The number of hydrogen-bond acceptors (Lipinski definition) is 4. The molecule has 1 spiro atoms. The van der Waals surface area contributed by atoms with Gasteiger partial charge in [-0.2, -0.15) is 5.10 Å². The van der Waals surface area contributed by atoms with Gasteiger partial charge in [0, 0.05) is 57.6 Å². The highest BCUT2D eigenvalue weighted by Gasteiger charge is 2.47. The third kappa shape index (κ3) is 4.84. The molecule has 2 heterocycles. The number of ketones is 2. The summed E-state index contributed by atoms with van der Waals surface area (Å²) in [7, 11) is 1.87. The van der Waals surface area contributed by atoms with E-state index in [1.807, 2.05) is 50.2 Å². The van der Waals surface area contributed by atoms with Crippen molar-refractivity contribution in [3.63, 3.8) is 0 Å². The van der Waals surface area contributed by atoms with Crippen molar-refractivity contribution >= 4 is 17.5 Å². The fraction of sp³-hybridized carbons (Fsp3) is 0.500. The van der Waals surface area contributed by atoms with Crippen LogP contribution in [0.5, 0.6) is 0 Å². The Kier molecular flexibility index (Phi) is 6.74. The van der Waals surface area contributed by atoms with Crippen molar-refractivity contribution in [2.75, 3.05) is 13.1 Å². The maximum absolute atomic E-state index is 13.3. The summed E-state index contributed by atoms with van der Waals surface area (Å²) in [5.41, 5.74) is 4.28. The molecule has 0 atom stereocenters. The maximum Gasteiger partial charge on any atom is 0.222 e. The molecule has 1 saturated carbocycles. The first-order valence-corrected chi connectivity index (χ1v) is 12.1. The zero-order valence-electron chi connectivity index (χ0n) is 20.6. The summed E-state index contributed by atoms with van der Waals surface area (Å²) in [6.45, 7) is 6.93. The number of nitrogens with zero attached hydrogens (tertiary/aromatic N) is 3. The minimum atomic E-state index is -0.674. The Balaban J connectivity index is 1.40. The van der Waals surface area contributed by atoms with E-state index >= 15 is 0 Å². The van der Waals surface area contributed by atoms with Crippen LogP contribution in [0, 0.1) is 31.1 Å². The van der Waals surface area contributed by atoms with Gasteiger partial charge in [-0.05, 0) is 73.9 Å². The first-order chi connectivity index (χ1) is 16.2. The molecular formula is C28H33N3O3. The van der Waals surface area contributed by atoms with E-state index in [4.69, 9.17) is 0 Å². The molecule has 1 aliphatic heterocycles. The van der Waals surface area contributed by atoms with Crippen LogP contribution in [0.15, 0.2) is 24.4 Å². The fourth-order valence-electron chi connectivity index (χ4n) is 5.73. The zero-order valence-corrected chi connectivity index (χ0v) is 20.6. The van der Waals surface area contributed by atoms with E-state index in [9.17, 15) is 14.4 Å². The molecule has 178 valence electrons. The summed E-state index contributed by atoms with van der Waals surface area (Å²) in [4.78, 5) is 41.3. The normalized spacial score (nSPS) is 18.2. The van der Waals surface area contributed by atoms with E-state index in [-0.39, 0.29) is 22.9 Å². The molecule has 6 nitrogen and oxygen atoms in total. The van der Waals surface area contributed by atoms with Gasteiger partial charge in [0.05, 0.1) is 5.69 Å². The molecule has 1 aromatic heterocycles. The number of Topliss-reactive ketones (excluding diaryl/α,β-unsaturated/α-hetero) is 2. The van der Waals surface area contributed by atoms with Crippen LogP contribution in [0.25, 0.3) is 0 Å². The molecule has 6 heteroatoms. The largest absolute Gasteiger partial charge is 0.343 e. The number of benzene rings is 1. The van der Waals surface area contributed by atoms with Crippen molar-refractivity contribution in [3.05, 3.63) is 52.3 Å². The van der Waals surface area contributed by atoms with Gasteiger partial charge in [-0.1, -0.05) is 5.92 Å². The van der Waals surface area contributed by atoms with E-state index in [0.29, 0.717) is 51.6 Å². The van der Waals surface area contributed by atoms with E-state index < -0.39 is 5.92 Å². The highest BCUT2D eigenvalue weighted by Crippen LogP contribution is 2.46. The Hall–Kier alpha value is -3.20. The molecule has 4 rings (SSSR count). The molecule has 0 bridgehead atoms. The van der Waals surface area contributed by atoms with Crippen LogP contribution < -0.4 is 0 Å². The van der Waals surface area contributed by atoms with Gasteiger partial charge in [0.1, 0.15) is 17.5 Å². The molecule has 1 saturated heterocycles. The first kappa shape index (κ1) is 23.9. The number of rotatable bonds is 4. The Morgan fingerprint density at radius 3 is 2.26 bits per heavy atom. The molecule has 0 radical (unpaired) electrons. The SMILES string of the molecule is CC#Cc1cc(C)c(C2C(=O)CC3(CCN(C(=O)CCc4ccn(C)n4)CC3)CC2=O)c(C)c1. The van der Waals surface area contributed by atoms with Crippen LogP contribution in [0.1, 0.15) is 72.9 Å². The van der Waals surface area contributed by atoms with Gasteiger partial charge in [-0.15, -0.1) is 5.92 Å². The average Bonchev–Trinajstić information content (AvgIpc) is 3.19. The summed E-state index contributed by atoms with van der Waals surface area (Å²) in [5.74, 6) is 5.46. The molecule has 1 amide bonds. The van der Waals surface area contributed by atoms with Crippen molar-refractivity contribution in [2.45, 2.75) is 65.2 Å². The van der Waals surface area contributed by atoms with Crippen LogP contribution in [-0.4, -0.2) is 45.2 Å². The van der Waals surface area contributed by atoms with Gasteiger partial charge >= 0.3 is 0 Å². The molecule has 0 unspecified atom stereocenters. The molecule has 0 N–H and O–H groups in total. The third-order valence-corrected chi connectivity index (χ3v) is 7.43. The van der Waals surface area contributed by atoms with Crippen molar-refractivity contribution in [1.29, 1.82) is 0 Å². The van der Waals surface area contributed by atoms with Crippen molar-refractivity contribution in [3.8, 4) is 11.8 Å². The predicted molar refractivity (Wildman–Crippen MR) is 130 cm³/mol. The summed E-state index contributed by atoms with van der Waals surface area (Å²) in [5, 5.41) is 4.34. The topological polar surface area (TPSA) is 72.3 Å². The summed E-state index contributed by atoms with van der Waals surface area (Å²) >= 11 is 0. The number of aromatic nitrogens is 2. The Morgan fingerprint density at radius 1 is 1.12 bits per heavy atom. The van der Waals surface area contributed by atoms with Gasteiger partial charge < -0.3 is 4.90 Å². The number of carbonyl (C=O) groups excluding carboxylic acids is 3. The van der Waals surface area contributed by atoms with E-state index in [1.54, 1.807) is 11.6 Å².